The first-order chi connectivity index (χ1) is 13.3. The topological polar surface area (TPSA) is 69.7 Å². The number of fused-ring (bicyclic) bond motifs is 5. The molecule has 0 radical (unpaired) electrons. The standard InChI is InChI=1S/C23H26O5/c1-5-27-16(24)7-9-23-8-6-15(28-23)18-20(23)22(26)19(21(18)25)17-13(3)10-12(2)11-14(17)4/h6,8,10-11,15,18-20H,5,7,9H2,1-4H3/t15-,18-,19?,20+,23-/m0/s1. The molecule has 0 amide bonds. The fourth-order valence-corrected chi connectivity index (χ4v) is 5.47. The summed E-state index contributed by atoms with van der Waals surface area (Å²) in [5.41, 5.74) is 3.05. The van der Waals surface area contributed by atoms with E-state index in [1.165, 1.54) is 0 Å². The van der Waals surface area contributed by atoms with E-state index in [9.17, 15) is 14.4 Å². The normalized spacial score (nSPS) is 32.9. The Morgan fingerprint density at radius 2 is 1.82 bits per heavy atom. The number of Topliss-reactive ketones (excluding diaryl/α,β-unsaturated/α-hetero) is 2. The van der Waals surface area contributed by atoms with Gasteiger partial charge >= 0.3 is 5.97 Å². The third kappa shape index (κ3) is 2.67. The van der Waals surface area contributed by atoms with Crippen LogP contribution >= 0.6 is 0 Å². The lowest BCUT2D eigenvalue weighted by molar-refractivity contribution is -0.145. The van der Waals surface area contributed by atoms with Gasteiger partial charge in [0.1, 0.15) is 5.92 Å². The third-order valence-corrected chi connectivity index (χ3v) is 6.42. The summed E-state index contributed by atoms with van der Waals surface area (Å²) in [6, 6.07) is 4.05. The minimum absolute atomic E-state index is 0.0441. The fourth-order valence-electron chi connectivity index (χ4n) is 5.47. The molecule has 2 bridgehead atoms. The Labute approximate surface area is 165 Å². The second-order valence-corrected chi connectivity index (χ2v) is 8.26. The highest BCUT2D eigenvalue weighted by atomic mass is 16.5. The van der Waals surface area contributed by atoms with E-state index in [2.05, 4.69) is 0 Å². The van der Waals surface area contributed by atoms with Crippen LogP contribution in [0.4, 0.5) is 0 Å². The van der Waals surface area contributed by atoms with E-state index in [4.69, 9.17) is 9.47 Å². The lowest BCUT2D eigenvalue weighted by Crippen LogP contribution is -2.38. The van der Waals surface area contributed by atoms with Gasteiger partial charge in [0.2, 0.25) is 0 Å². The highest BCUT2D eigenvalue weighted by molar-refractivity contribution is 6.17. The summed E-state index contributed by atoms with van der Waals surface area (Å²) in [6.07, 6.45) is 3.93. The van der Waals surface area contributed by atoms with Crippen molar-refractivity contribution in [2.24, 2.45) is 11.8 Å². The minimum Gasteiger partial charge on any atom is -0.466 e. The molecule has 1 unspecified atom stereocenters. The van der Waals surface area contributed by atoms with E-state index in [1.807, 2.05) is 45.1 Å². The number of benzene rings is 1. The van der Waals surface area contributed by atoms with Crippen LogP contribution in [0.15, 0.2) is 24.3 Å². The van der Waals surface area contributed by atoms with Gasteiger partial charge in [-0.25, -0.2) is 0 Å². The van der Waals surface area contributed by atoms with Gasteiger partial charge in [-0.2, -0.15) is 0 Å². The number of esters is 1. The van der Waals surface area contributed by atoms with Gasteiger partial charge in [-0.1, -0.05) is 29.8 Å². The number of carbonyl (C=O) groups is 3. The molecule has 28 heavy (non-hydrogen) atoms. The maximum Gasteiger partial charge on any atom is 0.305 e. The molecule has 2 fully saturated rings. The fraction of sp³-hybridized carbons (Fsp3) is 0.522. The summed E-state index contributed by atoms with van der Waals surface area (Å²) in [5.74, 6) is -2.12. The van der Waals surface area contributed by atoms with Gasteiger partial charge in [0, 0.05) is 6.42 Å². The second kappa shape index (κ2) is 6.66. The number of aryl methyl sites for hydroxylation is 3. The smallest absolute Gasteiger partial charge is 0.305 e. The van der Waals surface area contributed by atoms with E-state index in [1.54, 1.807) is 6.92 Å². The molecule has 1 aliphatic carbocycles. The molecule has 0 N–H and O–H groups in total. The van der Waals surface area contributed by atoms with E-state index in [0.29, 0.717) is 13.0 Å². The Bertz CT molecular complexity index is 875. The predicted molar refractivity (Wildman–Crippen MR) is 103 cm³/mol. The Kier molecular flexibility index (Phi) is 4.53. The maximum atomic E-state index is 13.5. The minimum atomic E-state index is -0.865. The van der Waals surface area contributed by atoms with E-state index < -0.39 is 23.4 Å². The summed E-state index contributed by atoms with van der Waals surface area (Å²) < 4.78 is 11.1. The molecule has 1 aromatic rings. The Hall–Kier alpha value is -2.27. The monoisotopic (exact) mass is 382 g/mol. The highest BCUT2D eigenvalue weighted by Crippen LogP contribution is 2.57. The molecule has 148 valence electrons. The molecule has 3 aliphatic rings. The molecule has 5 atom stereocenters. The first kappa shape index (κ1) is 19.1. The van der Waals surface area contributed by atoms with Crippen molar-refractivity contribution in [2.75, 3.05) is 6.61 Å². The van der Waals surface area contributed by atoms with E-state index in [0.717, 1.165) is 22.3 Å². The number of rotatable bonds is 5. The molecule has 2 aliphatic heterocycles. The van der Waals surface area contributed by atoms with Crippen LogP contribution in [0, 0.1) is 32.6 Å². The van der Waals surface area contributed by atoms with Crippen molar-refractivity contribution in [3.8, 4) is 0 Å². The Morgan fingerprint density at radius 3 is 2.46 bits per heavy atom. The van der Waals surface area contributed by atoms with Crippen molar-refractivity contribution >= 4 is 17.5 Å². The predicted octanol–water partition coefficient (Wildman–Crippen LogP) is 3.13. The largest absolute Gasteiger partial charge is 0.466 e. The summed E-state index contributed by atoms with van der Waals surface area (Å²) in [6.45, 7) is 8.02. The summed E-state index contributed by atoms with van der Waals surface area (Å²) in [5, 5.41) is 0. The number of carbonyl (C=O) groups excluding carboxylic acids is 3. The summed E-state index contributed by atoms with van der Waals surface area (Å²) in [4.78, 5) is 38.7. The molecule has 0 spiro atoms. The van der Waals surface area contributed by atoms with Gasteiger partial charge in [-0.15, -0.1) is 0 Å². The molecule has 2 heterocycles. The van der Waals surface area contributed by atoms with Crippen LogP contribution in [0.25, 0.3) is 0 Å². The SMILES string of the molecule is CCOC(=O)CC[C@]12C=C[C@H](O1)[C@@H]1C(=O)C(c3c(C)cc(C)cc3C)C(=O)[C@@H]12. The van der Waals surface area contributed by atoms with Gasteiger partial charge in [0.05, 0.1) is 30.1 Å². The van der Waals surface area contributed by atoms with Crippen molar-refractivity contribution < 1.29 is 23.9 Å². The van der Waals surface area contributed by atoms with E-state index >= 15 is 0 Å². The first-order valence-corrected chi connectivity index (χ1v) is 9.97. The average Bonchev–Trinajstić information content (AvgIpc) is 3.26. The van der Waals surface area contributed by atoms with Crippen LogP contribution in [0.3, 0.4) is 0 Å². The van der Waals surface area contributed by atoms with Crippen LogP contribution in [0.5, 0.6) is 0 Å². The van der Waals surface area contributed by atoms with Crippen LogP contribution < -0.4 is 0 Å². The molecular weight excluding hydrogens is 356 g/mol. The summed E-state index contributed by atoms with van der Waals surface area (Å²) in [7, 11) is 0. The van der Waals surface area contributed by atoms with Crippen molar-refractivity contribution in [3.63, 3.8) is 0 Å². The van der Waals surface area contributed by atoms with Crippen LogP contribution in [-0.4, -0.2) is 35.8 Å². The molecule has 0 aromatic heterocycles. The Morgan fingerprint density at radius 1 is 1.14 bits per heavy atom. The summed E-state index contributed by atoms with van der Waals surface area (Å²) >= 11 is 0. The van der Waals surface area contributed by atoms with Gasteiger partial charge in [-0.05, 0) is 50.8 Å². The molecule has 1 saturated heterocycles. The lowest BCUT2D eigenvalue weighted by atomic mass is 9.74. The van der Waals surface area contributed by atoms with Crippen molar-refractivity contribution in [2.45, 2.75) is 58.2 Å². The van der Waals surface area contributed by atoms with E-state index in [-0.39, 0.29) is 30.1 Å². The van der Waals surface area contributed by atoms with Crippen molar-refractivity contribution in [3.05, 3.63) is 46.5 Å². The van der Waals surface area contributed by atoms with Crippen LogP contribution in [0.1, 0.15) is 47.9 Å². The highest BCUT2D eigenvalue weighted by Gasteiger charge is 2.67. The number of hydrogen-bond donors (Lipinski definition) is 0. The number of hydrogen-bond acceptors (Lipinski definition) is 5. The van der Waals surface area contributed by atoms with Crippen LogP contribution in [-0.2, 0) is 23.9 Å². The zero-order chi connectivity index (χ0) is 20.2. The molecule has 5 heteroatoms. The zero-order valence-electron chi connectivity index (χ0n) is 16.8. The molecule has 1 aromatic carbocycles. The second-order valence-electron chi connectivity index (χ2n) is 8.26. The first-order valence-electron chi connectivity index (χ1n) is 9.97. The molecular formula is C23H26O5. The van der Waals surface area contributed by atoms with Gasteiger partial charge in [0.25, 0.3) is 0 Å². The van der Waals surface area contributed by atoms with Crippen LogP contribution in [0.2, 0.25) is 0 Å². The quantitative estimate of drug-likeness (QED) is 0.445. The van der Waals surface area contributed by atoms with Crippen molar-refractivity contribution in [1.82, 2.24) is 0 Å². The molecule has 4 rings (SSSR count). The Balaban J connectivity index is 1.67. The number of ketones is 2. The molecule has 1 saturated carbocycles. The molecule has 5 nitrogen and oxygen atoms in total. The van der Waals surface area contributed by atoms with Crippen molar-refractivity contribution in [1.29, 1.82) is 0 Å². The van der Waals surface area contributed by atoms with Gasteiger partial charge in [-0.3, -0.25) is 14.4 Å². The zero-order valence-corrected chi connectivity index (χ0v) is 16.8. The third-order valence-electron chi connectivity index (χ3n) is 6.42. The van der Waals surface area contributed by atoms with Gasteiger partial charge in [0.15, 0.2) is 11.6 Å². The lowest BCUT2D eigenvalue weighted by Gasteiger charge is -2.29. The maximum absolute atomic E-state index is 13.5. The number of ether oxygens (including phenoxy) is 2. The average molecular weight is 382 g/mol. The van der Waals surface area contributed by atoms with Gasteiger partial charge < -0.3 is 9.47 Å².